The van der Waals surface area contributed by atoms with Crippen molar-refractivity contribution in [2.75, 3.05) is 0 Å². The minimum Gasteiger partial charge on any atom is -0.320 e. The molecular formula is C7H6Br2ClF4N. The van der Waals surface area contributed by atoms with E-state index in [0.29, 0.717) is 6.08 Å². The van der Waals surface area contributed by atoms with Crippen LogP contribution in [0.15, 0.2) is 11.9 Å². The first-order chi connectivity index (χ1) is 6.50. The van der Waals surface area contributed by atoms with E-state index < -0.39 is 32.6 Å². The Kier molecular flexibility index (Phi) is 3.53. The normalized spacial score (nSPS) is 42.7. The second-order valence-electron chi connectivity index (χ2n) is 3.30. The molecule has 1 aliphatic carbocycles. The maximum atomic E-state index is 13.2. The molecule has 0 amide bonds. The highest BCUT2D eigenvalue weighted by molar-refractivity contribution is 9.11. The molecule has 1 nitrogen and oxygen atoms in total. The Morgan fingerprint density at radius 2 is 1.93 bits per heavy atom. The van der Waals surface area contributed by atoms with E-state index >= 15 is 0 Å². The molecule has 1 rings (SSSR count). The van der Waals surface area contributed by atoms with Crippen LogP contribution in [0.25, 0.3) is 0 Å². The van der Waals surface area contributed by atoms with Gasteiger partial charge in [0.05, 0.1) is 6.04 Å². The zero-order chi connectivity index (χ0) is 12.1. The van der Waals surface area contributed by atoms with Gasteiger partial charge in [0.2, 0.25) is 0 Å². The van der Waals surface area contributed by atoms with Gasteiger partial charge in [0.1, 0.15) is 13.9 Å². The van der Waals surface area contributed by atoms with Crippen molar-refractivity contribution in [3.05, 3.63) is 11.9 Å². The van der Waals surface area contributed by atoms with Crippen LogP contribution in [0.5, 0.6) is 0 Å². The maximum Gasteiger partial charge on any atom is 0.407 e. The van der Waals surface area contributed by atoms with Crippen molar-refractivity contribution in [2.45, 2.75) is 26.7 Å². The summed E-state index contributed by atoms with van der Waals surface area (Å²) in [6.45, 7) is 0. The van der Waals surface area contributed by atoms with Crippen molar-refractivity contribution in [2.24, 2.45) is 5.73 Å². The third-order valence-electron chi connectivity index (χ3n) is 2.08. The lowest BCUT2D eigenvalue weighted by Crippen LogP contribution is -2.52. The van der Waals surface area contributed by atoms with Gasteiger partial charge in [-0.15, -0.1) is 11.6 Å². The van der Waals surface area contributed by atoms with E-state index in [0.717, 1.165) is 0 Å². The molecule has 0 heterocycles. The summed E-state index contributed by atoms with van der Waals surface area (Å²) in [5.41, 5.74) is 5.31. The molecule has 0 bridgehead atoms. The van der Waals surface area contributed by atoms with Crippen molar-refractivity contribution in [1.82, 2.24) is 0 Å². The number of hydrogen-bond acceptors (Lipinski definition) is 1. The van der Waals surface area contributed by atoms with Gasteiger partial charge in [-0.05, 0) is 6.08 Å². The summed E-state index contributed by atoms with van der Waals surface area (Å²) in [7, 11) is 0. The number of halogens is 7. The minimum absolute atomic E-state index is 0.416. The highest BCUT2D eigenvalue weighted by Gasteiger charge is 2.59. The van der Waals surface area contributed by atoms with Gasteiger partial charge in [0.25, 0.3) is 0 Å². The number of hydrogen-bond donors (Lipinski definition) is 1. The molecular weight excluding hydrogens is 369 g/mol. The molecule has 3 atom stereocenters. The zero-order valence-corrected chi connectivity index (χ0v) is 11.0. The smallest absolute Gasteiger partial charge is 0.320 e. The van der Waals surface area contributed by atoms with Crippen molar-refractivity contribution in [3.8, 4) is 0 Å². The topological polar surface area (TPSA) is 26.0 Å². The quantitative estimate of drug-likeness (QED) is 0.508. The van der Waals surface area contributed by atoms with Gasteiger partial charge >= 0.3 is 6.18 Å². The van der Waals surface area contributed by atoms with E-state index in [1.165, 1.54) is 0 Å². The van der Waals surface area contributed by atoms with Crippen molar-refractivity contribution >= 4 is 43.5 Å². The summed E-state index contributed by atoms with van der Waals surface area (Å²) in [5, 5.41) is 0. The first-order valence-electron chi connectivity index (χ1n) is 3.77. The molecule has 3 unspecified atom stereocenters. The molecule has 0 aromatic carbocycles. The predicted octanol–water partition coefficient (Wildman–Crippen LogP) is 3.60. The van der Waals surface area contributed by atoms with Crippen LogP contribution in [-0.4, -0.2) is 20.3 Å². The van der Waals surface area contributed by atoms with Crippen molar-refractivity contribution in [1.29, 1.82) is 0 Å². The summed E-state index contributed by atoms with van der Waals surface area (Å²) in [6, 6.07) is -1.30. The average molecular weight is 375 g/mol. The summed E-state index contributed by atoms with van der Waals surface area (Å²) in [5.74, 6) is -1.10. The molecule has 2 N–H and O–H groups in total. The third-order valence-corrected chi connectivity index (χ3v) is 4.18. The highest BCUT2D eigenvalue weighted by atomic mass is 79.9. The minimum atomic E-state index is -4.64. The molecule has 88 valence electrons. The fourth-order valence-electron chi connectivity index (χ4n) is 1.20. The standard InChI is InChI=1S/C7H6Br2ClF4N/c8-5(7(12,13)14)1-3(11)4(15)6(9,10)2-5/h1,4H,2,15H2. The number of nitrogens with two attached hydrogens (primary N) is 1. The van der Waals surface area contributed by atoms with E-state index in [4.69, 9.17) is 17.3 Å². The molecule has 15 heavy (non-hydrogen) atoms. The van der Waals surface area contributed by atoms with Crippen molar-refractivity contribution < 1.29 is 17.6 Å². The van der Waals surface area contributed by atoms with E-state index in [9.17, 15) is 17.6 Å². The Hall–Kier alpha value is 0.670. The summed E-state index contributed by atoms with van der Waals surface area (Å²) < 4.78 is 46.8. The van der Waals surface area contributed by atoms with Crippen LogP contribution in [0.3, 0.4) is 0 Å². The first-order valence-corrected chi connectivity index (χ1v) is 5.73. The monoisotopic (exact) mass is 373 g/mol. The fraction of sp³-hybridized carbons (Fsp3) is 0.714. The second kappa shape index (κ2) is 3.85. The van der Waals surface area contributed by atoms with Crippen LogP contribution in [0.4, 0.5) is 17.6 Å². The first kappa shape index (κ1) is 13.7. The molecule has 0 radical (unpaired) electrons. The molecule has 0 spiro atoms. The van der Waals surface area contributed by atoms with Crippen molar-refractivity contribution in [3.63, 3.8) is 0 Å². The molecule has 8 heteroatoms. The Bertz CT molecular complexity index is 304. The molecule has 0 aromatic heterocycles. The lowest BCUT2D eigenvalue weighted by molar-refractivity contribution is -0.149. The van der Waals surface area contributed by atoms with Crippen LogP contribution in [0.1, 0.15) is 6.42 Å². The maximum absolute atomic E-state index is 13.2. The van der Waals surface area contributed by atoms with Gasteiger partial charge in [0.15, 0.2) is 0 Å². The van der Waals surface area contributed by atoms with Crippen LogP contribution >= 0.6 is 43.5 Å². The van der Waals surface area contributed by atoms with E-state index in [1.807, 2.05) is 0 Å². The number of allylic oxidation sites excluding steroid dienone is 1. The predicted molar refractivity (Wildman–Crippen MR) is 57.0 cm³/mol. The van der Waals surface area contributed by atoms with Crippen LogP contribution in [0, 0.1) is 0 Å². The number of alkyl halides is 6. The summed E-state index contributed by atoms with van der Waals surface area (Å²) in [6.07, 6.45) is -4.82. The average Bonchev–Trinajstić information content (AvgIpc) is 1.97. The molecule has 0 saturated carbocycles. The van der Waals surface area contributed by atoms with Gasteiger partial charge in [-0.3, -0.25) is 0 Å². The summed E-state index contributed by atoms with van der Waals surface area (Å²) in [4.78, 5) is 0. The Morgan fingerprint density at radius 1 is 1.47 bits per heavy atom. The molecule has 0 aromatic rings. The third kappa shape index (κ3) is 2.50. The van der Waals surface area contributed by atoms with Crippen LogP contribution in [-0.2, 0) is 0 Å². The van der Waals surface area contributed by atoms with Gasteiger partial charge in [-0.1, -0.05) is 31.9 Å². The largest absolute Gasteiger partial charge is 0.407 e. The highest BCUT2D eigenvalue weighted by Crippen LogP contribution is 2.53. The van der Waals surface area contributed by atoms with Crippen LogP contribution in [0.2, 0.25) is 0 Å². The van der Waals surface area contributed by atoms with E-state index in [-0.39, 0.29) is 0 Å². The Labute approximate surface area is 105 Å². The molecule has 0 saturated heterocycles. The zero-order valence-electron chi connectivity index (χ0n) is 7.08. The second-order valence-corrected chi connectivity index (χ2v) is 7.27. The Morgan fingerprint density at radius 3 is 2.27 bits per heavy atom. The summed E-state index contributed by atoms with van der Waals surface area (Å²) >= 11 is 10.9. The van der Waals surface area contributed by atoms with E-state index in [1.54, 1.807) is 0 Å². The lowest BCUT2D eigenvalue weighted by Gasteiger charge is -2.39. The van der Waals surface area contributed by atoms with Crippen LogP contribution < -0.4 is 5.73 Å². The SMILES string of the molecule is NC1C(F)=CC(Br)(C(F)(F)F)CC1(Cl)Br. The van der Waals surface area contributed by atoms with Gasteiger partial charge in [-0.25, -0.2) is 4.39 Å². The molecule has 0 aliphatic heterocycles. The lowest BCUT2D eigenvalue weighted by atomic mass is 9.91. The molecule has 1 aliphatic rings. The fourth-order valence-corrected chi connectivity index (χ4v) is 3.37. The van der Waals surface area contributed by atoms with E-state index in [2.05, 4.69) is 31.9 Å². The van der Waals surface area contributed by atoms with Gasteiger partial charge in [0, 0.05) is 6.42 Å². The Balaban J connectivity index is 3.18. The van der Waals surface area contributed by atoms with Gasteiger partial charge in [-0.2, -0.15) is 13.2 Å². The number of rotatable bonds is 0. The van der Waals surface area contributed by atoms with Gasteiger partial charge < -0.3 is 5.73 Å². The molecule has 0 fully saturated rings.